The summed E-state index contributed by atoms with van der Waals surface area (Å²) in [4.78, 5) is 0. The molecule has 2 aliphatic carbocycles. The summed E-state index contributed by atoms with van der Waals surface area (Å²) in [6.07, 6.45) is 2.56. The van der Waals surface area contributed by atoms with Gasteiger partial charge in [0, 0.05) is 0 Å². The van der Waals surface area contributed by atoms with Crippen molar-refractivity contribution in [2.24, 2.45) is 23.2 Å². The van der Waals surface area contributed by atoms with Gasteiger partial charge in [-0.25, -0.2) is 0 Å². The van der Waals surface area contributed by atoms with Gasteiger partial charge in [-0.3, -0.25) is 0 Å². The van der Waals surface area contributed by atoms with Crippen LogP contribution in [0.15, 0.2) is 0 Å². The third-order valence-corrected chi connectivity index (χ3v) is 4.02. The highest BCUT2D eigenvalue weighted by atomic mass is 16.3. The van der Waals surface area contributed by atoms with Crippen LogP contribution in [0.25, 0.3) is 0 Å². The Hall–Kier alpha value is -0.0400. The monoisotopic (exact) mass is 214 g/mol. The molecule has 0 radical (unpaired) electrons. The third kappa shape index (κ3) is 2.75. The van der Waals surface area contributed by atoms with Crippen molar-refractivity contribution in [3.05, 3.63) is 0 Å². The molecule has 0 aromatic heterocycles. The fraction of sp³-hybridized carbons (Fsp3) is 1.00. The van der Waals surface area contributed by atoms with Gasteiger partial charge >= 0.3 is 0 Å². The molecule has 0 heterocycles. The smallest absolute Gasteiger partial charge is 0.0601 e. The Morgan fingerprint density at radius 3 is 1.87 bits per heavy atom. The second kappa shape index (κ2) is 5.89. The molecule has 1 heteroatoms. The lowest BCUT2D eigenvalue weighted by Crippen LogP contribution is -2.25. The van der Waals surface area contributed by atoms with Crippen LogP contribution in [0.5, 0.6) is 0 Å². The topological polar surface area (TPSA) is 20.2 Å². The van der Waals surface area contributed by atoms with Crippen molar-refractivity contribution in [3.63, 3.8) is 0 Å². The molecular formula is C14H30O. The number of aliphatic hydroxyl groups excluding tert-OH is 1. The minimum atomic E-state index is -0.0104. The van der Waals surface area contributed by atoms with Gasteiger partial charge in [-0.15, -0.1) is 0 Å². The minimum absolute atomic E-state index is 0.0104. The zero-order valence-electron chi connectivity index (χ0n) is 11.7. The van der Waals surface area contributed by atoms with Crippen molar-refractivity contribution >= 4 is 0 Å². The van der Waals surface area contributed by atoms with E-state index in [1.165, 1.54) is 12.8 Å². The summed E-state index contributed by atoms with van der Waals surface area (Å²) in [5.41, 5.74) is 0.449. The standard InChI is InChI=1S/C10H18O.2C2H6/c1-6-4-5-7-8(9(6)11)10(7,2)3;2*1-2/h6-9,11H,4-5H2,1-3H3;2*1-2H3. The van der Waals surface area contributed by atoms with Crippen molar-refractivity contribution < 1.29 is 5.11 Å². The Balaban J connectivity index is 0.000000442. The zero-order valence-corrected chi connectivity index (χ0v) is 11.7. The molecule has 2 rings (SSSR count). The Morgan fingerprint density at radius 2 is 1.47 bits per heavy atom. The third-order valence-electron chi connectivity index (χ3n) is 4.02. The molecule has 2 fully saturated rings. The molecule has 1 N–H and O–H groups in total. The Kier molecular flexibility index (Phi) is 5.87. The molecule has 0 spiro atoms. The SMILES string of the molecule is CC.CC.CC1CCC2C(C1O)C2(C)C. The summed E-state index contributed by atoms with van der Waals surface area (Å²) in [6.45, 7) is 14.8. The van der Waals surface area contributed by atoms with Crippen LogP contribution >= 0.6 is 0 Å². The van der Waals surface area contributed by atoms with Gasteiger partial charge in [-0.05, 0) is 36.0 Å². The molecular weight excluding hydrogens is 184 g/mol. The van der Waals surface area contributed by atoms with Gasteiger partial charge in [0.25, 0.3) is 0 Å². The zero-order chi connectivity index (χ0) is 12.2. The van der Waals surface area contributed by atoms with Gasteiger partial charge in [0.2, 0.25) is 0 Å². The lowest BCUT2D eigenvalue weighted by molar-refractivity contribution is 0.0612. The predicted molar refractivity (Wildman–Crippen MR) is 67.9 cm³/mol. The summed E-state index contributed by atoms with van der Waals surface area (Å²) in [5, 5.41) is 9.82. The maximum Gasteiger partial charge on any atom is 0.0601 e. The molecule has 0 amide bonds. The molecule has 0 aromatic carbocycles. The van der Waals surface area contributed by atoms with E-state index in [2.05, 4.69) is 20.8 Å². The van der Waals surface area contributed by atoms with E-state index in [1.54, 1.807) is 0 Å². The van der Waals surface area contributed by atoms with Crippen molar-refractivity contribution in [2.75, 3.05) is 0 Å². The van der Waals surface area contributed by atoms with Gasteiger partial charge in [-0.2, -0.15) is 0 Å². The molecule has 2 saturated carbocycles. The molecule has 2 aliphatic rings. The van der Waals surface area contributed by atoms with Crippen LogP contribution in [-0.4, -0.2) is 11.2 Å². The average molecular weight is 214 g/mol. The van der Waals surface area contributed by atoms with Crippen LogP contribution in [0.3, 0.4) is 0 Å². The highest BCUT2D eigenvalue weighted by Gasteiger charge is 2.62. The number of aliphatic hydroxyl groups is 1. The van der Waals surface area contributed by atoms with Gasteiger partial charge in [0.1, 0.15) is 0 Å². The molecule has 4 unspecified atom stereocenters. The van der Waals surface area contributed by atoms with E-state index in [1.807, 2.05) is 27.7 Å². The Bertz CT molecular complexity index is 174. The van der Waals surface area contributed by atoms with E-state index < -0.39 is 0 Å². The van der Waals surface area contributed by atoms with Crippen LogP contribution in [0.4, 0.5) is 0 Å². The molecule has 4 atom stereocenters. The summed E-state index contributed by atoms with van der Waals surface area (Å²) in [6, 6.07) is 0. The molecule has 1 nitrogen and oxygen atoms in total. The second-order valence-corrected chi connectivity index (χ2v) is 5.00. The van der Waals surface area contributed by atoms with E-state index in [0.29, 0.717) is 17.3 Å². The first-order chi connectivity index (χ1) is 7.05. The largest absolute Gasteiger partial charge is 0.393 e. The van der Waals surface area contributed by atoms with E-state index in [-0.39, 0.29) is 6.10 Å². The van der Waals surface area contributed by atoms with Crippen molar-refractivity contribution in [3.8, 4) is 0 Å². The highest BCUT2D eigenvalue weighted by Crippen LogP contribution is 2.65. The number of hydrogen-bond donors (Lipinski definition) is 1. The molecule has 15 heavy (non-hydrogen) atoms. The first kappa shape index (κ1) is 15.0. The second-order valence-electron chi connectivity index (χ2n) is 5.00. The number of fused-ring (bicyclic) bond motifs is 1. The molecule has 0 aliphatic heterocycles. The minimum Gasteiger partial charge on any atom is -0.393 e. The van der Waals surface area contributed by atoms with Gasteiger partial charge < -0.3 is 5.11 Å². The van der Waals surface area contributed by atoms with Crippen LogP contribution in [0, 0.1) is 23.2 Å². The predicted octanol–water partition coefficient (Wildman–Crippen LogP) is 4.10. The average Bonchev–Trinajstić information content (AvgIpc) is 2.82. The van der Waals surface area contributed by atoms with Crippen LogP contribution < -0.4 is 0 Å². The van der Waals surface area contributed by atoms with E-state index in [4.69, 9.17) is 0 Å². The fourth-order valence-electron chi connectivity index (χ4n) is 2.98. The first-order valence-corrected chi connectivity index (χ1v) is 6.73. The Labute approximate surface area is 96.3 Å². The van der Waals surface area contributed by atoms with Crippen molar-refractivity contribution in [1.29, 1.82) is 0 Å². The maximum absolute atomic E-state index is 9.82. The molecule has 0 bridgehead atoms. The molecule has 92 valence electrons. The summed E-state index contributed by atoms with van der Waals surface area (Å²) >= 11 is 0. The first-order valence-electron chi connectivity index (χ1n) is 6.73. The maximum atomic E-state index is 9.82. The number of hydrogen-bond acceptors (Lipinski definition) is 1. The molecule has 0 aromatic rings. The Morgan fingerprint density at radius 1 is 1.00 bits per heavy atom. The van der Waals surface area contributed by atoms with Gasteiger partial charge in [0.05, 0.1) is 6.10 Å². The van der Waals surface area contributed by atoms with E-state index >= 15 is 0 Å². The summed E-state index contributed by atoms with van der Waals surface area (Å²) < 4.78 is 0. The summed E-state index contributed by atoms with van der Waals surface area (Å²) in [7, 11) is 0. The van der Waals surface area contributed by atoms with E-state index in [0.717, 1.165) is 5.92 Å². The lowest BCUT2D eigenvalue weighted by atomic mass is 9.88. The van der Waals surface area contributed by atoms with Crippen molar-refractivity contribution in [1.82, 2.24) is 0 Å². The number of rotatable bonds is 0. The lowest BCUT2D eigenvalue weighted by Gasteiger charge is -2.23. The normalized spacial score (nSPS) is 40.0. The highest BCUT2D eigenvalue weighted by molar-refractivity contribution is 5.11. The van der Waals surface area contributed by atoms with Gasteiger partial charge in [-0.1, -0.05) is 48.5 Å². The fourth-order valence-corrected chi connectivity index (χ4v) is 2.98. The van der Waals surface area contributed by atoms with Crippen LogP contribution in [0.1, 0.15) is 61.3 Å². The van der Waals surface area contributed by atoms with Crippen LogP contribution in [0.2, 0.25) is 0 Å². The summed E-state index contributed by atoms with van der Waals surface area (Å²) in [5.74, 6) is 1.98. The molecule has 0 saturated heterocycles. The van der Waals surface area contributed by atoms with Gasteiger partial charge in [0.15, 0.2) is 0 Å². The van der Waals surface area contributed by atoms with Crippen LogP contribution in [-0.2, 0) is 0 Å². The van der Waals surface area contributed by atoms with Crippen molar-refractivity contribution in [2.45, 2.75) is 67.4 Å². The quantitative estimate of drug-likeness (QED) is 0.643. The van der Waals surface area contributed by atoms with E-state index in [9.17, 15) is 5.11 Å².